The van der Waals surface area contributed by atoms with Gasteiger partial charge in [0.15, 0.2) is 0 Å². The number of ether oxygens (including phenoxy) is 1. The van der Waals surface area contributed by atoms with Gasteiger partial charge in [-0.15, -0.1) is 0 Å². The van der Waals surface area contributed by atoms with Crippen LogP contribution in [-0.2, 0) is 11.3 Å². The van der Waals surface area contributed by atoms with Crippen LogP contribution in [0.3, 0.4) is 0 Å². The monoisotopic (exact) mass is 196 g/mol. The van der Waals surface area contributed by atoms with Crippen LogP contribution in [0.5, 0.6) is 0 Å². The first-order chi connectivity index (χ1) is 6.83. The van der Waals surface area contributed by atoms with E-state index in [1.165, 1.54) is 25.0 Å². The second-order valence-electron chi connectivity index (χ2n) is 3.39. The van der Waals surface area contributed by atoms with Crippen LogP contribution in [0.15, 0.2) is 24.3 Å². The molecule has 0 N–H and O–H groups in total. The highest BCUT2D eigenvalue weighted by molar-refractivity contribution is 5.15. The van der Waals surface area contributed by atoms with Gasteiger partial charge >= 0.3 is 0 Å². The number of halogens is 1. The van der Waals surface area contributed by atoms with Gasteiger partial charge in [0.1, 0.15) is 5.82 Å². The van der Waals surface area contributed by atoms with E-state index in [-0.39, 0.29) is 5.82 Å². The van der Waals surface area contributed by atoms with Crippen molar-refractivity contribution in [2.45, 2.75) is 32.8 Å². The second-order valence-corrected chi connectivity index (χ2v) is 3.39. The number of hydrogen-bond donors (Lipinski definition) is 0. The Morgan fingerprint density at radius 1 is 1.29 bits per heavy atom. The van der Waals surface area contributed by atoms with Gasteiger partial charge in [0.05, 0.1) is 6.61 Å². The largest absolute Gasteiger partial charge is 0.377 e. The van der Waals surface area contributed by atoms with E-state index >= 15 is 0 Å². The van der Waals surface area contributed by atoms with Crippen LogP contribution in [0.25, 0.3) is 0 Å². The van der Waals surface area contributed by atoms with Crippen LogP contribution in [0.4, 0.5) is 4.39 Å². The Morgan fingerprint density at radius 2 is 2.14 bits per heavy atom. The summed E-state index contributed by atoms with van der Waals surface area (Å²) in [6, 6.07) is 6.55. The summed E-state index contributed by atoms with van der Waals surface area (Å²) in [6.07, 6.45) is 3.48. The summed E-state index contributed by atoms with van der Waals surface area (Å²) < 4.78 is 18.2. The molecule has 0 aliphatic heterocycles. The minimum Gasteiger partial charge on any atom is -0.377 e. The van der Waals surface area contributed by atoms with Crippen LogP contribution < -0.4 is 0 Å². The summed E-state index contributed by atoms with van der Waals surface area (Å²) in [6.45, 7) is 3.44. The van der Waals surface area contributed by atoms with Crippen LogP contribution in [0.1, 0.15) is 31.7 Å². The lowest BCUT2D eigenvalue weighted by Crippen LogP contribution is -1.95. The summed E-state index contributed by atoms with van der Waals surface area (Å²) >= 11 is 0. The Labute approximate surface area is 84.9 Å². The zero-order valence-electron chi connectivity index (χ0n) is 8.63. The van der Waals surface area contributed by atoms with E-state index in [0.29, 0.717) is 6.61 Å². The lowest BCUT2D eigenvalue weighted by molar-refractivity contribution is 0.117. The SMILES string of the molecule is CCCCCOCc1cccc(F)c1. The van der Waals surface area contributed by atoms with Gasteiger partial charge in [0.25, 0.3) is 0 Å². The van der Waals surface area contributed by atoms with E-state index in [1.807, 2.05) is 6.07 Å². The van der Waals surface area contributed by atoms with Gasteiger partial charge in [0.2, 0.25) is 0 Å². The number of benzene rings is 1. The maximum Gasteiger partial charge on any atom is 0.123 e. The highest BCUT2D eigenvalue weighted by Crippen LogP contribution is 2.05. The van der Waals surface area contributed by atoms with Gasteiger partial charge in [-0.05, 0) is 24.1 Å². The molecule has 1 aromatic rings. The van der Waals surface area contributed by atoms with Crippen molar-refractivity contribution in [2.75, 3.05) is 6.61 Å². The molecule has 0 spiro atoms. The van der Waals surface area contributed by atoms with E-state index in [9.17, 15) is 4.39 Å². The third-order valence-electron chi connectivity index (χ3n) is 2.05. The normalized spacial score (nSPS) is 10.4. The molecule has 1 aromatic carbocycles. The molecule has 78 valence electrons. The van der Waals surface area contributed by atoms with E-state index < -0.39 is 0 Å². The standard InChI is InChI=1S/C12H17FO/c1-2-3-4-8-14-10-11-6-5-7-12(13)9-11/h5-7,9H,2-4,8,10H2,1H3. The smallest absolute Gasteiger partial charge is 0.123 e. The van der Waals surface area contributed by atoms with E-state index in [2.05, 4.69) is 6.92 Å². The summed E-state index contributed by atoms with van der Waals surface area (Å²) in [4.78, 5) is 0. The highest BCUT2D eigenvalue weighted by Gasteiger charge is 1.95. The van der Waals surface area contributed by atoms with Gasteiger partial charge in [-0.25, -0.2) is 4.39 Å². The van der Waals surface area contributed by atoms with Gasteiger partial charge in [0, 0.05) is 6.61 Å². The molecule has 0 aromatic heterocycles. The Kier molecular flexibility index (Phi) is 5.23. The average Bonchev–Trinajstić information content (AvgIpc) is 2.18. The minimum atomic E-state index is -0.195. The van der Waals surface area contributed by atoms with Crippen molar-refractivity contribution in [1.29, 1.82) is 0 Å². The molecular weight excluding hydrogens is 179 g/mol. The van der Waals surface area contributed by atoms with Crippen molar-refractivity contribution >= 4 is 0 Å². The van der Waals surface area contributed by atoms with Gasteiger partial charge in [-0.1, -0.05) is 31.9 Å². The van der Waals surface area contributed by atoms with Crippen molar-refractivity contribution in [1.82, 2.24) is 0 Å². The van der Waals surface area contributed by atoms with E-state index in [0.717, 1.165) is 18.6 Å². The third kappa shape index (κ3) is 4.38. The average molecular weight is 196 g/mol. The summed E-state index contributed by atoms with van der Waals surface area (Å²) in [5, 5.41) is 0. The molecule has 0 atom stereocenters. The third-order valence-corrected chi connectivity index (χ3v) is 2.05. The quantitative estimate of drug-likeness (QED) is 0.632. The molecule has 0 radical (unpaired) electrons. The molecule has 1 rings (SSSR count). The van der Waals surface area contributed by atoms with Gasteiger partial charge in [-0.2, -0.15) is 0 Å². The lowest BCUT2D eigenvalue weighted by atomic mass is 10.2. The zero-order chi connectivity index (χ0) is 10.2. The molecule has 0 saturated carbocycles. The number of rotatable bonds is 6. The Bertz CT molecular complexity index is 260. The fourth-order valence-electron chi connectivity index (χ4n) is 1.27. The van der Waals surface area contributed by atoms with Crippen LogP contribution >= 0.6 is 0 Å². The topological polar surface area (TPSA) is 9.23 Å². The van der Waals surface area contributed by atoms with Crippen LogP contribution in [0.2, 0.25) is 0 Å². The molecule has 0 heterocycles. The van der Waals surface area contributed by atoms with Crippen LogP contribution in [-0.4, -0.2) is 6.61 Å². The first-order valence-electron chi connectivity index (χ1n) is 5.15. The molecule has 0 unspecified atom stereocenters. The van der Waals surface area contributed by atoms with E-state index in [4.69, 9.17) is 4.74 Å². The Hall–Kier alpha value is -0.890. The van der Waals surface area contributed by atoms with Crippen molar-refractivity contribution in [3.05, 3.63) is 35.6 Å². The van der Waals surface area contributed by atoms with Crippen molar-refractivity contribution in [2.24, 2.45) is 0 Å². The molecule has 0 amide bonds. The molecule has 0 aliphatic carbocycles. The summed E-state index contributed by atoms with van der Waals surface area (Å²) in [7, 11) is 0. The van der Waals surface area contributed by atoms with Crippen molar-refractivity contribution < 1.29 is 9.13 Å². The maximum atomic E-state index is 12.7. The number of hydrogen-bond acceptors (Lipinski definition) is 1. The molecular formula is C12H17FO. The summed E-state index contributed by atoms with van der Waals surface area (Å²) in [5.41, 5.74) is 0.904. The zero-order valence-corrected chi connectivity index (χ0v) is 8.63. The molecule has 0 bridgehead atoms. The first-order valence-corrected chi connectivity index (χ1v) is 5.15. The Balaban J connectivity index is 2.18. The van der Waals surface area contributed by atoms with Crippen molar-refractivity contribution in [3.63, 3.8) is 0 Å². The number of unbranched alkanes of at least 4 members (excludes halogenated alkanes) is 2. The fraction of sp³-hybridized carbons (Fsp3) is 0.500. The molecule has 0 aliphatic rings. The minimum absolute atomic E-state index is 0.195. The molecule has 0 saturated heterocycles. The maximum absolute atomic E-state index is 12.7. The Morgan fingerprint density at radius 3 is 2.86 bits per heavy atom. The lowest BCUT2D eigenvalue weighted by Gasteiger charge is -2.03. The summed E-state index contributed by atoms with van der Waals surface area (Å²) in [5.74, 6) is -0.195. The highest BCUT2D eigenvalue weighted by atomic mass is 19.1. The molecule has 1 nitrogen and oxygen atoms in total. The first kappa shape index (κ1) is 11.2. The predicted octanol–water partition coefficient (Wildman–Crippen LogP) is 3.53. The van der Waals surface area contributed by atoms with Gasteiger partial charge in [-0.3, -0.25) is 0 Å². The fourth-order valence-corrected chi connectivity index (χ4v) is 1.27. The molecule has 0 fully saturated rings. The second kappa shape index (κ2) is 6.55. The van der Waals surface area contributed by atoms with Gasteiger partial charge < -0.3 is 4.74 Å². The van der Waals surface area contributed by atoms with Crippen molar-refractivity contribution in [3.8, 4) is 0 Å². The molecule has 14 heavy (non-hydrogen) atoms. The van der Waals surface area contributed by atoms with Crippen LogP contribution in [0, 0.1) is 5.82 Å². The predicted molar refractivity (Wildman–Crippen MR) is 55.6 cm³/mol. The molecule has 2 heteroatoms. The van der Waals surface area contributed by atoms with E-state index in [1.54, 1.807) is 6.07 Å².